The average molecular weight is 425 g/mol. The molecule has 0 bridgehead atoms. The maximum absolute atomic E-state index is 13.0. The molecule has 4 rings (SSSR count). The van der Waals surface area contributed by atoms with E-state index in [1.54, 1.807) is 4.90 Å². The largest absolute Gasteiger partial charge is 0.378 e. The van der Waals surface area contributed by atoms with E-state index in [0.717, 1.165) is 11.3 Å². The van der Waals surface area contributed by atoms with Crippen LogP contribution in [0.5, 0.6) is 0 Å². The Bertz CT molecular complexity index is 987. The normalized spacial score (nSPS) is 15.9. The molecular weight excluding hydrogens is 396 g/mol. The molecule has 1 saturated heterocycles. The van der Waals surface area contributed by atoms with E-state index in [1.807, 2.05) is 49.9 Å². The van der Waals surface area contributed by atoms with Gasteiger partial charge in [0.05, 0.1) is 19.8 Å². The Morgan fingerprint density at radius 2 is 1.94 bits per heavy atom. The highest BCUT2D eigenvalue weighted by Gasteiger charge is 2.35. The fourth-order valence-corrected chi connectivity index (χ4v) is 3.66. The summed E-state index contributed by atoms with van der Waals surface area (Å²) in [5.74, 6) is 1.02. The van der Waals surface area contributed by atoms with Crippen LogP contribution < -0.4 is 15.5 Å². The number of nitrogens with one attached hydrogen (secondary N) is 2. The van der Waals surface area contributed by atoms with Crippen LogP contribution in [0.3, 0.4) is 0 Å². The summed E-state index contributed by atoms with van der Waals surface area (Å²) in [6, 6.07) is 7.53. The van der Waals surface area contributed by atoms with Crippen molar-refractivity contribution in [2.24, 2.45) is 0 Å². The molecule has 9 heteroatoms. The van der Waals surface area contributed by atoms with Crippen molar-refractivity contribution in [3.63, 3.8) is 0 Å². The number of nitrogens with zero attached hydrogens (tertiary/aromatic N) is 4. The lowest BCUT2D eigenvalue weighted by molar-refractivity contribution is -0.115. The molecule has 2 aliphatic rings. The summed E-state index contributed by atoms with van der Waals surface area (Å²) in [5.41, 5.74) is 2.72. The Morgan fingerprint density at radius 1 is 1.19 bits per heavy atom. The highest BCUT2D eigenvalue weighted by Crippen LogP contribution is 2.32. The van der Waals surface area contributed by atoms with Crippen molar-refractivity contribution >= 4 is 35.0 Å². The van der Waals surface area contributed by atoms with Crippen molar-refractivity contribution in [1.29, 1.82) is 0 Å². The summed E-state index contributed by atoms with van der Waals surface area (Å²) in [7, 11) is 0. The number of carbonyl (C=O) groups excluding carboxylic acids is 2. The average Bonchev–Trinajstić information content (AvgIpc) is 3.11. The van der Waals surface area contributed by atoms with Gasteiger partial charge in [0, 0.05) is 42.5 Å². The first-order valence-corrected chi connectivity index (χ1v) is 10.7. The number of hydrogen-bond donors (Lipinski definition) is 2. The van der Waals surface area contributed by atoms with Gasteiger partial charge in [-0.1, -0.05) is 13.0 Å². The van der Waals surface area contributed by atoms with Crippen LogP contribution in [0.4, 0.5) is 23.1 Å². The number of benzene rings is 1. The van der Waals surface area contributed by atoms with Crippen molar-refractivity contribution in [2.75, 3.05) is 41.8 Å². The lowest BCUT2D eigenvalue weighted by atomic mass is 10.2. The SMILES string of the molecule is CCC(=O)Nc1cccc(Nc2nc(N3CCOCC3)nc3c2CN(C(C)C)C3=O)c1. The van der Waals surface area contributed by atoms with Gasteiger partial charge in [-0.3, -0.25) is 9.59 Å². The monoisotopic (exact) mass is 424 g/mol. The molecule has 2 amide bonds. The minimum atomic E-state index is -0.0751. The second-order valence-electron chi connectivity index (χ2n) is 7.93. The first-order valence-electron chi connectivity index (χ1n) is 10.7. The zero-order valence-corrected chi connectivity index (χ0v) is 18.1. The summed E-state index contributed by atoms with van der Waals surface area (Å²) >= 11 is 0. The number of ether oxygens (including phenoxy) is 1. The quantitative estimate of drug-likeness (QED) is 0.735. The summed E-state index contributed by atoms with van der Waals surface area (Å²) in [6.45, 7) is 8.83. The summed E-state index contributed by atoms with van der Waals surface area (Å²) in [6.07, 6.45) is 0.410. The molecule has 0 unspecified atom stereocenters. The van der Waals surface area contributed by atoms with Crippen LogP contribution >= 0.6 is 0 Å². The molecule has 0 radical (unpaired) electrons. The first-order chi connectivity index (χ1) is 15.0. The smallest absolute Gasteiger partial charge is 0.273 e. The zero-order valence-electron chi connectivity index (χ0n) is 18.1. The van der Waals surface area contributed by atoms with Crippen LogP contribution in [-0.4, -0.2) is 59.0 Å². The molecule has 0 atom stereocenters. The fourth-order valence-electron chi connectivity index (χ4n) is 3.66. The van der Waals surface area contributed by atoms with Gasteiger partial charge in [0.25, 0.3) is 5.91 Å². The number of aromatic nitrogens is 2. The van der Waals surface area contributed by atoms with Gasteiger partial charge in [-0.05, 0) is 32.0 Å². The molecule has 1 aromatic carbocycles. The molecule has 2 aromatic rings. The molecular formula is C22H28N6O3. The Balaban J connectivity index is 1.69. The van der Waals surface area contributed by atoms with E-state index in [2.05, 4.69) is 15.6 Å². The van der Waals surface area contributed by atoms with Crippen LogP contribution in [0.25, 0.3) is 0 Å². The number of anilines is 4. The number of carbonyl (C=O) groups is 2. The minimum absolute atomic E-state index is 0.0483. The molecule has 2 aliphatic heterocycles. The summed E-state index contributed by atoms with van der Waals surface area (Å²) < 4.78 is 5.44. The third-order valence-electron chi connectivity index (χ3n) is 5.43. The van der Waals surface area contributed by atoms with E-state index in [4.69, 9.17) is 9.72 Å². The lowest BCUT2D eigenvalue weighted by Crippen LogP contribution is -2.37. The Morgan fingerprint density at radius 3 is 2.65 bits per heavy atom. The van der Waals surface area contributed by atoms with Crippen LogP contribution in [0.1, 0.15) is 43.2 Å². The lowest BCUT2D eigenvalue weighted by Gasteiger charge is -2.27. The first kappa shape index (κ1) is 21.0. The van der Waals surface area contributed by atoms with Gasteiger partial charge in [0.1, 0.15) is 11.5 Å². The molecule has 0 saturated carbocycles. The molecule has 0 aliphatic carbocycles. The standard InChI is InChI=1S/C22H28N6O3/c1-4-18(29)23-15-6-5-7-16(12-15)24-20-17-13-28(14(2)3)21(30)19(17)25-22(26-20)27-8-10-31-11-9-27/h5-7,12,14H,4,8-11,13H2,1-3H3,(H,23,29)(H,24,25,26). The molecule has 0 spiro atoms. The summed E-state index contributed by atoms with van der Waals surface area (Å²) in [4.78, 5) is 38.0. The molecule has 3 heterocycles. The van der Waals surface area contributed by atoms with Gasteiger partial charge in [-0.2, -0.15) is 4.98 Å². The predicted molar refractivity (Wildman–Crippen MR) is 119 cm³/mol. The Kier molecular flexibility index (Phi) is 6.03. The third kappa shape index (κ3) is 4.46. The van der Waals surface area contributed by atoms with Crippen LogP contribution in [0.15, 0.2) is 24.3 Å². The van der Waals surface area contributed by atoms with Crippen molar-refractivity contribution in [3.8, 4) is 0 Å². The maximum Gasteiger partial charge on any atom is 0.273 e. The number of morpholine rings is 1. The van der Waals surface area contributed by atoms with Crippen molar-refractivity contribution in [3.05, 3.63) is 35.5 Å². The van der Waals surface area contributed by atoms with E-state index < -0.39 is 0 Å². The number of rotatable bonds is 6. The molecule has 1 fully saturated rings. The third-order valence-corrected chi connectivity index (χ3v) is 5.43. The van der Waals surface area contributed by atoms with Gasteiger partial charge in [-0.15, -0.1) is 0 Å². The van der Waals surface area contributed by atoms with Gasteiger partial charge >= 0.3 is 0 Å². The number of fused-ring (bicyclic) bond motifs is 1. The van der Waals surface area contributed by atoms with E-state index in [9.17, 15) is 9.59 Å². The molecule has 164 valence electrons. The van der Waals surface area contributed by atoms with Crippen LogP contribution in [0.2, 0.25) is 0 Å². The van der Waals surface area contributed by atoms with Gasteiger partial charge < -0.3 is 25.2 Å². The Labute approximate surface area is 181 Å². The predicted octanol–water partition coefficient (Wildman–Crippen LogP) is 2.77. The topological polar surface area (TPSA) is 99.7 Å². The highest BCUT2D eigenvalue weighted by atomic mass is 16.5. The van der Waals surface area contributed by atoms with Crippen LogP contribution in [0, 0.1) is 0 Å². The second-order valence-corrected chi connectivity index (χ2v) is 7.93. The maximum atomic E-state index is 13.0. The number of hydrogen-bond acceptors (Lipinski definition) is 7. The zero-order chi connectivity index (χ0) is 22.0. The van der Waals surface area contributed by atoms with Crippen molar-refractivity contribution in [2.45, 2.75) is 39.8 Å². The highest BCUT2D eigenvalue weighted by molar-refractivity contribution is 5.98. The van der Waals surface area contributed by atoms with E-state index in [0.29, 0.717) is 62.4 Å². The second kappa shape index (κ2) is 8.89. The minimum Gasteiger partial charge on any atom is -0.378 e. The Hall–Kier alpha value is -3.20. The summed E-state index contributed by atoms with van der Waals surface area (Å²) in [5, 5.41) is 6.22. The van der Waals surface area contributed by atoms with Gasteiger partial charge in [-0.25, -0.2) is 4.98 Å². The fraction of sp³-hybridized carbons (Fsp3) is 0.455. The molecule has 2 N–H and O–H groups in total. The van der Waals surface area contributed by atoms with Gasteiger partial charge in [0.15, 0.2) is 0 Å². The van der Waals surface area contributed by atoms with Gasteiger partial charge in [0.2, 0.25) is 11.9 Å². The molecule has 9 nitrogen and oxygen atoms in total. The van der Waals surface area contributed by atoms with Crippen LogP contribution in [-0.2, 0) is 16.1 Å². The van der Waals surface area contributed by atoms with E-state index in [1.165, 1.54) is 0 Å². The molecule has 1 aromatic heterocycles. The van der Waals surface area contributed by atoms with E-state index in [-0.39, 0.29) is 17.9 Å². The van der Waals surface area contributed by atoms with E-state index >= 15 is 0 Å². The van der Waals surface area contributed by atoms with Crippen molar-refractivity contribution in [1.82, 2.24) is 14.9 Å². The molecule has 31 heavy (non-hydrogen) atoms. The van der Waals surface area contributed by atoms with Crippen molar-refractivity contribution < 1.29 is 14.3 Å². The number of amides is 2.